The van der Waals surface area contributed by atoms with Crippen LogP contribution in [0.5, 0.6) is 0 Å². The number of oxime groups is 1. The molecule has 230 valence electrons. The zero-order chi connectivity index (χ0) is 29.5. The summed E-state index contributed by atoms with van der Waals surface area (Å²) in [5.41, 5.74) is -3.65. The van der Waals surface area contributed by atoms with E-state index >= 15 is 0 Å². The fourth-order valence-electron chi connectivity index (χ4n) is 9.94. The Labute approximate surface area is 238 Å². The Morgan fingerprint density at radius 2 is 1.78 bits per heavy atom. The molecule has 41 heavy (non-hydrogen) atoms. The van der Waals surface area contributed by atoms with Crippen LogP contribution in [0.25, 0.3) is 0 Å². The molecule has 2 heterocycles. The molecule has 12 heteroatoms. The first-order chi connectivity index (χ1) is 19.3. The van der Waals surface area contributed by atoms with E-state index in [1.54, 1.807) is 6.92 Å². The zero-order valence-corrected chi connectivity index (χ0v) is 23.5. The van der Waals surface area contributed by atoms with Crippen LogP contribution in [-0.2, 0) is 19.0 Å². The standard InChI is InChI=1S/C29H43NO11/c1-14-22(33)23(34)24(35)25(40-14)41-16-3-6-27(13-30-38)21-18(4-7-28(27,36)10-16)29(37)8-5-17(15-9-20(32)39-12-15)26(29,2)11-19(21)31/h9,13-14,16-19,21-25,31,33-38H,3-8,10-12H2,1-2H3/b30-13+/t14?,16?,17-,18?,19+,21+,22-,23?,24?,25?,26+,27-,28?,29?/m0/s1. The van der Waals surface area contributed by atoms with Gasteiger partial charge >= 0.3 is 5.97 Å². The molecule has 12 nitrogen and oxygen atoms in total. The first-order valence-electron chi connectivity index (χ1n) is 14.8. The van der Waals surface area contributed by atoms with Crippen molar-refractivity contribution in [1.29, 1.82) is 0 Å². The monoisotopic (exact) mass is 581 g/mol. The summed E-state index contributed by atoms with van der Waals surface area (Å²) in [5.74, 6) is -1.50. The summed E-state index contributed by atoms with van der Waals surface area (Å²) >= 11 is 0. The van der Waals surface area contributed by atoms with E-state index in [1.807, 2.05) is 6.92 Å². The third kappa shape index (κ3) is 4.09. The van der Waals surface area contributed by atoms with Gasteiger partial charge in [0.1, 0.15) is 24.9 Å². The highest BCUT2D eigenvalue weighted by Crippen LogP contribution is 2.70. The molecule has 8 unspecified atom stereocenters. The predicted octanol–water partition coefficient (Wildman–Crippen LogP) is -0.0181. The second-order valence-corrected chi connectivity index (χ2v) is 13.7. The molecule has 0 aromatic rings. The van der Waals surface area contributed by atoms with Crippen LogP contribution in [-0.4, -0.2) is 109 Å². The van der Waals surface area contributed by atoms with E-state index in [1.165, 1.54) is 12.3 Å². The average Bonchev–Trinajstić information content (AvgIpc) is 3.46. The number of aliphatic hydroxyl groups excluding tert-OH is 4. The van der Waals surface area contributed by atoms with Crippen LogP contribution in [0.15, 0.2) is 16.8 Å². The molecule has 0 amide bonds. The number of carbonyl (C=O) groups is 1. The van der Waals surface area contributed by atoms with E-state index in [9.17, 15) is 40.6 Å². The Kier molecular flexibility index (Phi) is 7.14. The molecule has 2 aliphatic heterocycles. The van der Waals surface area contributed by atoms with Crippen molar-refractivity contribution in [3.63, 3.8) is 0 Å². The molecule has 0 aromatic heterocycles. The van der Waals surface area contributed by atoms with E-state index in [-0.39, 0.29) is 44.2 Å². The highest BCUT2D eigenvalue weighted by molar-refractivity contribution is 5.85. The SMILES string of the molecule is CC1OC(OC2CC[C@]3(/C=N/O)[C@@H]4C(CCC3(O)C2)C2(O)CC[C@@H](C3=CC(=O)OC3)[C@@]2(C)C[C@H]4O)C(O)C(O)[C@H]1O. The molecule has 6 rings (SSSR count). The Bertz CT molecular complexity index is 1120. The molecule has 0 bridgehead atoms. The quantitative estimate of drug-likeness (QED) is 0.0774. The zero-order valence-electron chi connectivity index (χ0n) is 23.5. The minimum atomic E-state index is -1.48. The second kappa shape index (κ2) is 9.95. The molecule has 0 radical (unpaired) electrons. The van der Waals surface area contributed by atoms with Crippen LogP contribution in [0, 0.1) is 28.6 Å². The number of aliphatic hydroxyl groups is 6. The molecule has 7 N–H and O–H groups in total. The number of nitrogens with zero attached hydrogens (tertiary/aromatic N) is 1. The highest BCUT2D eigenvalue weighted by Gasteiger charge is 2.73. The third-order valence-corrected chi connectivity index (χ3v) is 12.0. The minimum Gasteiger partial charge on any atom is -0.458 e. The normalized spacial score (nSPS) is 55.2. The van der Waals surface area contributed by atoms with Crippen molar-refractivity contribution in [2.45, 2.75) is 119 Å². The predicted molar refractivity (Wildman–Crippen MR) is 140 cm³/mol. The van der Waals surface area contributed by atoms with E-state index < -0.39 is 76.8 Å². The lowest BCUT2D eigenvalue weighted by Gasteiger charge is -2.67. The number of fused-ring (bicyclic) bond motifs is 5. The maximum Gasteiger partial charge on any atom is 0.331 e. The molecule has 1 saturated heterocycles. The molecule has 14 atom stereocenters. The summed E-state index contributed by atoms with van der Waals surface area (Å²) in [6.45, 7) is 3.74. The summed E-state index contributed by atoms with van der Waals surface area (Å²) in [4.78, 5) is 11.8. The molecular formula is C29H43NO11. The first kappa shape index (κ1) is 29.4. The maximum atomic E-state index is 12.4. The smallest absolute Gasteiger partial charge is 0.331 e. The van der Waals surface area contributed by atoms with Gasteiger partial charge in [0.25, 0.3) is 0 Å². The summed E-state index contributed by atoms with van der Waals surface area (Å²) in [5, 5.41) is 80.4. The van der Waals surface area contributed by atoms with Crippen molar-refractivity contribution in [2.24, 2.45) is 33.7 Å². The van der Waals surface area contributed by atoms with Gasteiger partial charge in [-0.05, 0) is 69.3 Å². The van der Waals surface area contributed by atoms with Gasteiger partial charge in [0.2, 0.25) is 0 Å². The van der Waals surface area contributed by atoms with Gasteiger partial charge < -0.3 is 50.1 Å². The van der Waals surface area contributed by atoms with Crippen molar-refractivity contribution in [3.8, 4) is 0 Å². The van der Waals surface area contributed by atoms with Gasteiger partial charge in [0, 0.05) is 29.2 Å². The van der Waals surface area contributed by atoms with E-state index in [2.05, 4.69) is 5.16 Å². The van der Waals surface area contributed by atoms with Gasteiger partial charge in [-0.25, -0.2) is 4.79 Å². The topological polar surface area (TPSA) is 199 Å². The van der Waals surface area contributed by atoms with E-state index in [0.717, 1.165) is 5.57 Å². The van der Waals surface area contributed by atoms with Crippen LogP contribution in [0.4, 0.5) is 0 Å². The fourth-order valence-corrected chi connectivity index (χ4v) is 9.94. The number of ether oxygens (including phenoxy) is 3. The van der Waals surface area contributed by atoms with Crippen LogP contribution in [0.1, 0.15) is 65.2 Å². The van der Waals surface area contributed by atoms with Gasteiger partial charge in [-0.2, -0.15) is 0 Å². The number of carbonyl (C=O) groups excluding carboxylic acids is 1. The van der Waals surface area contributed by atoms with Crippen LogP contribution in [0.3, 0.4) is 0 Å². The number of hydrogen-bond donors (Lipinski definition) is 7. The molecule has 0 spiro atoms. The molecule has 5 fully saturated rings. The van der Waals surface area contributed by atoms with Gasteiger partial charge in [0.15, 0.2) is 6.29 Å². The average molecular weight is 582 g/mol. The lowest BCUT2D eigenvalue weighted by atomic mass is 9.41. The van der Waals surface area contributed by atoms with Gasteiger partial charge in [-0.3, -0.25) is 0 Å². The largest absolute Gasteiger partial charge is 0.458 e. The second-order valence-electron chi connectivity index (χ2n) is 13.7. The van der Waals surface area contributed by atoms with Gasteiger partial charge in [-0.1, -0.05) is 6.92 Å². The highest BCUT2D eigenvalue weighted by atomic mass is 16.7. The van der Waals surface area contributed by atoms with Crippen molar-refractivity contribution < 1.29 is 54.9 Å². The van der Waals surface area contributed by atoms with Crippen molar-refractivity contribution in [2.75, 3.05) is 6.61 Å². The number of rotatable bonds is 4. The maximum absolute atomic E-state index is 12.4. The number of hydrogen-bond acceptors (Lipinski definition) is 12. The Balaban J connectivity index is 1.28. The fraction of sp³-hybridized carbons (Fsp3) is 0.862. The van der Waals surface area contributed by atoms with E-state index in [0.29, 0.717) is 25.7 Å². The minimum absolute atomic E-state index is 0.0965. The molecule has 4 saturated carbocycles. The van der Waals surface area contributed by atoms with E-state index in [4.69, 9.17) is 14.2 Å². The van der Waals surface area contributed by atoms with Gasteiger partial charge in [0.05, 0.1) is 35.7 Å². The van der Waals surface area contributed by atoms with Crippen LogP contribution < -0.4 is 0 Å². The summed E-state index contributed by atoms with van der Waals surface area (Å²) < 4.78 is 16.8. The summed E-state index contributed by atoms with van der Waals surface area (Å²) in [6, 6.07) is 0. The summed E-state index contributed by atoms with van der Waals surface area (Å²) in [7, 11) is 0. The Morgan fingerprint density at radius 1 is 1.02 bits per heavy atom. The van der Waals surface area contributed by atoms with Crippen LogP contribution in [0.2, 0.25) is 0 Å². The van der Waals surface area contributed by atoms with Gasteiger partial charge in [-0.15, -0.1) is 5.16 Å². The van der Waals surface area contributed by atoms with Crippen molar-refractivity contribution in [3.05, 3.63) is 11.6 Å². The number of esters is 1. The lowest BCUT2D eigenvalue weighted by Crippen LogP contribution is -2.72. The molecule has 6 aliphatic rings. The third-order valence-electron chi connectivity index (χ3n) is 12.0. The first-order valence-corrected chi connectivity index (χ1v) is 14.8. The molecule has 0 aromatic carbocycles. The number of cyclic esters (lactones) is 1. The lowest BCUT2D eigenvalue weighted by molar-refractivity contribution is -0.318. The Hall–Kier alpha value is -1.64. The molecular weight excluding hydrogens is 538 g/mol. The van der Waals surface area contributed by atoms with Crippen molar-refractivity contribution in [1.82, 2.24) is 0 Å². The summed E-state index contributed by atoms with van der Waals surface area (Å²) in [6.07, 6.45) is -2.02. The Morgan fingerprint density at radius 3 is 2.46 bits per heavy atom. The van der Waals surface area contributed by atoms with Crippen LogP contribution >= 0.6 is 0 Å². The molecule has 4 aliphatic carbocycles. The van der Waals surface area contributed by atoms with Crippen molar-refractivity contribution >= 4 is 12.2 Å².